The highest BCUT2D eigenvalue weighted by Gasteiger charge is 2.23. The van der Waals surface area contributed by atoms with Crippen LogP contribution in [0.2, 0.25) is 5.02 Å². The van der Waals surface area contributed by atoms with E-state index in [0.717, 1.165) is 12.2 Å². The van der Waals surface area contributed by atoms with Gasteiger partial charge in [0.1, 0.15) is 12.0 Å². The van der Waals surface area contributed by atoms with E-state index in [1.54, 1.807) is 12.3 Å². The van der Waals surface area contributed by atoms with Crippen LogP contribution in [0.4, 0.5) is 10.2 Å². The largest absolute Gasteiger partial charge is 0.367 e. The maximum absolute atomic E-state index is 12.9. The quantitative estimate of drug-likeness (QED) is 0.819. The molecule has 1 aliphatic carbocycles. The first-order valence-corrected chi connectivity index (χ1v) is 5.14. The molecule has 0 aromatic carbocycles. The number of pyridine rings is 1. The number of nitrogens with zero attached hydrogens (tertiary/aromatic N) is 1. The second-order valence-electron chi connectivity index (χ2n) is 3.61. The van der Waals surface area contributed by atoms with Gasteiger partial charge in [0.05, 0.1) is 5.02 Å². The van der Waals surface area contributed by atoms with Gasteiger partial charge in [0.15, 0.2) is 0 Å². The third-order valence-corrected chi connectivity index (χ3v) is 2.67. The summed E-state index contributed by atoms with van der Waals surface area (Å²) in [5.41, 5.74) is 0. The van der Waals surface area contributed by atoms with Crippen LogP contribution in [0.5, 0.6) is 0 Å². The van der Waals surface area contributed by atoms with Gasteiger partial charge < -0.3 is 5.32 Å². The van der Waals surface area contributed by atoms with Crippen LogP contribution in [-0.4, -0.2) is 17.2 Å². The molecule has 1 N–H and O–H groups in total. The van der Waals surface area contributed by atoms with Gasteiger partial charge in [-0.2, -0.15) is 0 Å². The molecule has 0 spiro atoms. The van der Waals surface area contributed by atoms with E-state index in [2.05, 4.69) is 10.3 Å². The first-order valence-electron chi connectivity index (χ1n) is 4.76. The van der Waals surface area contributed by atoms with Crippen LogP contribution < -0.4 is 5.32 Å². The Balaban J connectivity index is 1.94. The summed E-state index contributed by atoms with van der Waals surface area (Å²) in [7, 11) is 0. The fourth-order valence-corrected chi connectivity index (χ4v) is 1.84. The summed E-state index contributed by atoms with van der Waals surface area (Å²) in [5, 5.41) is 3.80. The SMILES string of the molecule is FC1CCC(Nc2ccc(Cl)cn2)C1. The average Bonchev–Trinajstić information content (AvgIpc) is 2.56. The monoisotopic (exact) mass is 214 g/mol. The third kappa shape index (κ3) is 2.35. The van der Waals surface area contributed by atoms with Crippen LogP contribution in [-0.2, 0) is 0 Å². The number of alkyl halides is 1. The molecule has 4 heteroatoms. The van der Waals surface area contributed by atoms with Gasteiger partial charge in [0.2, 0.25) is 0 Å². The molecular formula is C10H12ClFN2. The lowest BCUT2D eigenvalue weighted by molar-refractivity contribution is 0.341. The van der Waals surface area contributed by atoms with Gasteiger partial charge in [-0.25, -0.2) is 9.37 Å². The van der Waals surface area contributed by atoms with E-state index in [9.17, 15) is 4.39 Å². The van der Waals surface area contributed by atoms with Crippen molar-refractivity contribution < 1.29 is 4.39 Å². The summed E-state index contributed by atoms with van der Waals surface area (Å²) in [6, 6.07) is 3.81. The van der Waals surface area contributed by atoms with E-state index in [1.165, 1.54) is 0 Å². The third-order valence-electron chi connectivity index (χ3n) is 2.45. The van der Waals surface area contributed by atoms with E-state index in [-0.39, 0.29) is 6.04 Å². The number of rotatable bonds is 2. The lowest BCUT2D eigenvalue weighted by Gasteiger charge is -2.11. The zero-order valence-corrected chi connectivity index (χ0v) is 8.47. The minimum Gasteiger partial charge on any atom is -0.367 e. The summed E-state index contributed by atoms with van der Waals surface area (Å²) in [6.07, 6.45) is 3.06. The predicted molar refractivity (Wildman–Crippen MR) is 55.4 cm³/mol. The molecule has 1 fully saturated rings. The zero-order chi connectivity index (χ0) is 9.97. The van der Waals surface area contributed by atoms with Gasteiger partial charge in [0.25, 0.3) is 0 Å². The van der Waals surface area contributed by atoms with Crippen molar-refractivity contribution in [3.05, 3.63) is 23.4 Å². The normalized spacial score (nSPS) is 26.4. The van der Waals surface area contributed by atoms with Crippen LogP contribution in [0.3, 0.4) is 0 Å². The van der Waals surface area contributed by atoms with E-state index in [4.69, 9.17) is 11.6 Å². The summed E-state index contributed by atoms with van der Waals surface area (Å²) in [6.45, 7) is 0. The molecule has 1 aromatic heterocycles. The Morgan fingerprint density at radius 1 is 1.43 bits per heavy atom. The minimum atomic E-state index is -0.653. The highest BCUT2D eigenvalue weighted by molar-refractivity contribution is 6.30. The fraction of sp³-hybridized carbons (Fsp3) is 0.500. The van der Waals surface area contributed by atoms with Crippen molar-refractivity contribution >= 4 is 17.4 Å². The molecule has 0 radical (unpaired) electrons. The minimum absolute atomic E-state index is 0.221. The van der Waals surface area contributed by atoms with E-state index >= 15 is 0 Å². The van der Waals surface area contributed by atoms with Gasteiger partial charge in [0, 0.05) is 12.2 Å². The maximum atomic E-state index is 12.9. The van der Waals surface area contributed by atoms with Crippen molar-refractivity contribution in [3.63, 3.8) is 0 Å². The Labute approximate surface area is 87.5 Å². The van der Waals surface area contributed by atoms with E-state index in [1.807, 2.05) is 6.07 Å². The molecule has 0 saturated heterocycles. The first-order chi connectivity index (χ1) is 6.74. The molecule has 0 aliphatic heterocycles. The van der Waals surface area contributed by atoms with Crippen LogP contribution in [0.15, 0.2) is 18.3 Å². The Hall–Kier alpha value is -0.830. The molecular weight excluding hydrogens is 203 g/mol. The first kappa shape index (κ1) is 9.71. The van der Waals surface area contributed by atoms with Gasteiger partial charge in [-0.1, -0.05) is 11.6 Å². The Morgan fingerprint density at radius 2 is 2.29 bits per heavy atom. The van der Waals surface area contributed by atoms with Gasteiger partial charge >= 0.3 is 0 Å². The van der Waals surface area contributed by atoms with E-state index in [0.29, 0.717) is 17.9 Å². The molecule has 76 valence electrons. The topological polar surface area (TPSA) is 24.9 Å². The average molecular weight is 215 g/mol. The van der Waals surface area contributed by atoms with Crippen molar-refractivity contribution in [2.75, 3.05) is 5.32 Å². The standard InChI is InChI=1S/C10H12ClFN2/c11-7-1-4-10(13-6-7)14-9-3-2-8(12)5-9/h1,4,6,8-9H,2-3,5H2,(H,13,14). The van der Waals surface area contributed by atoms with Gasteiger partial charge in [-0.05, 0) is 31.4 Å². The molecule has 2 atom stereocenters. The highest BCUT2D eigenvalue weighted by atomic mass is 35.5. The smallest absolute Gasteiger partial charge is 0.126 e. The fourth-order valence-electron chi connectivity index (χ4n) is 1.73. The van der Waals surface area contributed by atoms with Gasteiger partial charge in [-0.15, -0.1) is 0 Å². The molecule has 1 aliphatic rings. The van der Waals surface area contributed by atoms with Crippen LogP contribution in [0.25, 0.3) is 0 Å². The van der Waals surface area contributed by atoms with Crippen molar-refractivity contribution in [1.29, 1.82) is 0 Å². The Bertz CT molecular complexity index is 301. The molecule has 14 heavy (non-hydrogen) atoms. The van der Waals surface area contributed by atoms with Crippen LogP contribution >= 0.6 is 11.6 Å². The number of hydrogen-bond acceptors (Lipinski definition) is 2. The second-order valence-corrected chi connectivity index (χ2v) is 4.05. The lowest BCUT2D eigenvalue weighted by Crippen LogP contribution is -2.16. The Kier molecular flexibility index (Phi) is 2.87. The summed E-state index contributed by atoms with van der Waals surface area (Å²) < 4.78 is 12.9. The number of aromatic nitrogens is 1. The van der Waals surface area contributed by atoms with Crippen molar-refractivity contribution in [2.45, 2.75) is 31.5 Å². The molecule has 2 rings (SSSR count). The number of nitrogens with one attached hydrogen (secondary N) is 1. The van der Waals surface area contributed by atoms with E-state index < -0.39 is 6.17 Å². The van der Waals surface area contributed by atoms with Crippen LogP contribution in [0, 0.1) is 0 Å². The molecule has 2 nitrogen and oxygen atoms in total. The predicted octanol–water partition coefficient (Wildman–Crippen LogP) is 3.04. The maximum Gasteiger partial charge on any atom is 0.126 e. The molecule has 1 saturated carbocycles. The molecule has 2 unspecified atom stereocenters. The van der Waals surface area contributed by atoms with Crippen molar-refractivity contribution in [1.82, 2.24) is 4.98 Å². The Morgan fingerprint density at radius 3 is 2.86 bits per heavy atom. The van der Waals surface area contributed by atoms with Crippen molar-refractivity contribution in [3.8, 4) is 0 Å². The number of anilines is 1. The lowest BCUT2D eigenvalue weighted by atomic mass is 10.2. The van der Waals surface area contributed by atoms with Gasteiger partial charge in [-0.3, -0.25) is 0 Å². The van der Waals surface area contributed by atoms with Crippen LogP contribution in [0.1, 0.15) is 19.3 Å². The highest BCUT2D eigenvalue weighted by Crippen LogP contribution is 2.24. The zero-order valence-electron chi connectivity index (χ0n) is 7.71. The summed E-state index contributed by atoms with van der Waals surface area (Å²) >= 11 is 5.70. The number of hydrogen-bond donors (Lipinski definition) is 1. The molecule has 0 amide bonds. The molecule has 1 heterocycles. The summed E-state index contributed by atoms with van der Waals surface area (Å²) in [5.74, 6) is 0.772. The number of halogens is 2. The second kappa shape index (κ2) is 4.13. The molecule has 0 bridgehead atoms. The van der Waals surface area contributed by atoms with Crippen molar-refractivity contribution in [2.24, 2.45) is 0 Å². The molecule has 1 aromatic rings. The summed E-state index contributed by atoms with van der Waals surface area (Å²) in [4.78, 5) is 4.10.